The van der Waals surface area contributed by atoms with Crippen LogP contribution in [0.15, 0.2) is 12.2 Å². The number of hydrogen-bond donors (Lipinski definition) is 3. The second-order valence-electron chi connectivity index (χ2n) is 6.08. The molecule has 0 aromatic rings. The lowest BCUT2D eigenvalue weighted by atomic mass is 10.1. The minimum absolute atomic E-state index is 0.0909. The smallest absolute Gasteiger partial charge is 0.463 e. The zero-order chi connectivity index (χ0) is 20.6. The molecular weight excluding hydrogens is 398 g/mol. The largest absolute Gasteiger partial charge is 0.481 e. The van der Waals surface area contributed by atoms with Gasteiger partial charge in [-0.05, 0) is 19.8 Å². The molecule has 9 nitrogen and oxygen atoms in total. The Bertz CT molecular complexity index is 516. The number of allylic oxidation sites excluding steroid dienone is 1. The van der Waals surface area contributed by atoms with Crippen molar-refractivity contribution < 1.29 is 42.2 Å². The van der Waals surface area contributed by atoms with Crippen LogP contribution in [0.2, 0.25) is 0 Å². The summed E-state index contributed by atoms with van der Waals surface area (Å²) < 4.78 is 34.8. The average molecular weight is 430 g/mol. The lowest BCUT2D eigenvalue weighted by molar-refractivity contribution is -0.137. The van der Waals surface area contributed by atoms with E-state index in [4.69, 9.17) is 19.4 Å². The fourth-order valence-corrected chi connectivity index (χ4v) is 3.94. The first-order valence-corrected chi connectivity index (χ1v) is 12.2. The second-order valence-corrected chi connectivity index (χ2v) is 8.91. The van der Waals surface area contributed by atoms with Crippen LogP contribution in [-0.4, -0.2) is 33.9 Å². The summed E-state index contributed by atoms with van der Waals surface area (Å²) in [7, 11) is -9.74. The Morgan fingerprint density at radius 3 is 1.70 bits per heavy atom. The van der Waals surface area contributed by atoms with Crippen LogP contribution in [0.5, 0.6) is 0 Å². The summed E-state index contributed by atoms with van der Waals surface area (Å²) in [6, 6.07) is 0. The summed E-state index contributed by atoms with van der Waals surface area (Å²) in [5.41, 5.74) is 0. The van der Waals surface area contributed by atoms with Crippen molar-refractivity contribution in [3.63, 3.8) is 0 Å². The maximum atomic E-state index is 11.2. The SMILES string of the molecule is CC=CC(=O)OCCCCCCCCCCCCOP(=O)(O)OP(=O)(O)O. The molecule has 0 spiro atoms. The molecule has 27 heavy (non-hydrogen) atoms. The lowest BCUT2D eigenvalue weighted by Gasteiger charge is -2.12. The number of hydrogen-bond acceptors (Lipinski definition) is 6. The van der Waals surface area contributed by atoms with E-state index >= 15 is 0 Å². The van der Waals surface area contributed by atoms with Crippen LogP contribution in [-0.2, 0) is 27.5 Å². The Morgan fingerprint density at radius 1 is 0.815 bits per heavy atom. The number of rotatable bonds is 17. The number of phosphoric ester groups is 1. The van der Waals surface area contributed by atoms with Crippen molar-refractivity contribution in [2.45, 2.75) is 71.1 Å². The fraction of sp³-hybridized carbons (Fsp3) is 0.812. The van der Waals surface area contributed by atoms with E-state index in [0.29, 0.717) is 13.0 Å². The minimum Gasteiger partial charge on any atom is -0.463 e. The molecule has 0 aliphatic rings. The summed E-state index contributed by atoms with van der Waals surface area (Å²) in [5, 5.41) is 0. The Kier molecular flexibility index (Phi) is 15.1. The summed E-state index contributed by atoms with van der Waals surface area (Å²) in [4.78, 5) is 37.0. The molecule has 0 bridgehead atoms. The van der Waals surface area contributed by atoms with Gasteiger partial charge < -0.3 is 19.4 Å². The topological polar surface area (TPSA) is 140 Å². The van der Waals surface area contributed by atoms with Crippen LogP contribution in [0.25, 0.3) is 0 Å². The highest BCUT2D eigenvalue weighted by atomic mass is 31.3. The van der Waals surface area contributed by atoms with Gasteiger partial charge in [0.25, 0.3) is 0 Å². The number of carbonyl (C=O) groups excluding carboxylic acids is 1. The van der Waals surface area contributed by atoms with Crippen LogP contribution in [0.4, 0.5) is 0 Å². The Labute approximate surface area is 161 Å². The molecule has 11 heteroatoms. The molecule has 1 unspecified atom stereocenters. The molecule has 160 valence electrons. The third-order valence-electron chi connectivity index (χ3n) is 3.55. The van der Waals surface area contributed by atoms with E-state index < -0.39 is 15.6 Å². The molecule has 0 rings (SSSR count). The first-order chi connectivity index (χ1) is 12.7. The van der Waals surface area contributed by atoms with E-state index in [-0.39, 0.29) is 12.6 Å². The van der Waals surface area contributed by atoms with E-state index in [1.807, 2.05) is 0 Å². The highest BCUT2D eigenvalue weighted by molar-refractivity contribution is 7.60. The minimum atomic E-state index is -5.04. The summed E-state index contributed by atoms with van der Waals surface area (Å²) >= 11 is 0. The predicted octanol–water partition coefficient (Wildman–Crippen LogP) is 4.23. The highest BCUT2D eigenvalue weighted by Gasteiger charge is 2.31. The summed E-state index contributed by atoms with van der Waals surface area (Å²) in [6.45, 7) is 2.14. The third-order valence-corrected chi connectivity index (χ3v) is 5.73. The van der Waals surface area contributed by atoms with Gasteiger partial charge in [0, 0.05) is 6.08 Å². The zero-order valence-electron chi connectivity index (χ0n) is 15.8. The number of unbranched alkanes of at least 4 members (excludes halogenated alkanes) is 9. The van der Waals surface area contributed by atoms with Crippen LogP contribution >= 0.6 is 15.6 Å². The van der Waals surface area contributed by atoms with E-state index in [2.05, 4.69) is 8.83 Å². The van der Waals surface area contributed by atoms with Crippen molar-refractivity contribution in [2.24, 2.45) is 0 Å². The highest BCUT2D eigenvalue weighted by Crippen LogP contribution is 2.57. The maximum Gasteiger partial charge on any atom is 0.481 e. The molecule has 3 N–H and O–H groups in total. The molecule has 0 aromatic carbocycles. The first kappa shape index (κ1) is 26.5. The van der Waals surface area contributed by atoms with Gasteiger partial charge in [0.1, 0.15) is 0 Å². The summed E-state index contributed by atoms with van der Waals surface area (Å²) in [5.74, 6) is -0.293. The monoisotopic (exact) mass is 430 g/mol. The van der Waals surface area contributed by atoms with Gasteiger partial charge in [-0.2, -0.15) is 4.31 Å². The number of esters is 1. The van der Waals surface area contributed by atoms with Gasteiger partial charge in [-0.15, -0.1) is 0 Å². The molecule has 0 aliphatic heterocycles. The van der Waals surface area contributed by atoms with Crippen molar-refractivity contribution in [2.75, 3.05) is 13.2 Å². The van der Waals surface area contributed by atoms with E-state index in [1.54, 1.807) is 13.0 Å². The van der Waals surface area contributed by atoms with Crippen LogP contribution in [0, 0.1) is 0 Å². The van der Waals surface area contributed by atoms with Crippen LogP contribution in [0.3, 0.4) is 0 Å². The van der Waals surface area contributed by atoms with Crippen molar-refractivity contribution in [3.8, 4) is 0 Å². The maximum absolute atomic E-state index is 11.2. The van der Waals surface area contributed by atoms with Crippen LogP contribution in [0.1, 0.15) is 71.1 Å². The second kappa shape index (κ2) is 15.4. The Balaban J connectivity index is 3.35. The van der Waals surface area contributed by atoms with Crippen molar-refractivity contribution in [3.05, 3.63) is 12.2 Å². The molecule has 0 saturated carbocycles. The zero-order valence-corrected chi connectivity index (χ0v) is 17.6. The number of ether oxygens (including phenoxy) is 1. The normalized spacial score (nSPS) is 14.4. The molecule has 0 aromatic heterocycles. The number of phosphoric acid groups is 2. The van der Waals surface area contributed by atoms with Crippen LogP contribution < -0.4 is 0 Å². The molecule has 0 amide bonds. The quantitative estimate of drug-likeness (QED) is 0.134. The van der Waals surface area contributed by atoms with Crippen molar-refractivity contribution in [1.29, 1.82) is 0 Å². The van der Waals surface area contributed by atoms with Gasteiger partial charge in [-0.3, -0.25) is 4.52 Å². The van der Waals surface area contributed by atoms with Gasteiger partial charge in [0.2, 0.25) is 0 Å². The molecule has 0 saturated heterocycles. The summed E-state index contributed by atoms with van der Waals surface area (Å²) in [6.07, 6.45) is 12.8. The van der Waals surface area contributed by atoms with Gasteiger partial charge in [0.05, 0.1) is 13.2 Å². The number of carbonyl (C=O) groups is 1. The Hall–Kier alpha value is -0.530. The molecule has 0 aliphatic carbocycles. The van der Waals surface area contributed by atoms with Gasteiger partial charge in [-0.1, -0.05) is 57.4 Å². The van der Waals surface area contributed by atoms with E-state index in [1.165, 1.54) is 6.08 Å². The van der Waals surface area contributed by atoms with Gasteiger partial charge >= 0.3 is 21.6 Å². The molecule has 0 radical (unpaired) electrons. The van der Waals surface area contributed by atoms with E-state index in [9.17, 15) is 13.9 Å². The van der Waals surface area contributed by atoms with Crippen molar-refractivity contribution in [1.82, 2.24) is 0 Å². The molecule has 1 atom stereocenters. The van der Waals surface area contributed by atoms with Gasteiger partial charge in [-0.25, -0.2) is 13.9 Å². The lowest BCUT2D eigenvalue weighted by Crippen LogP contribution is -2.01. The average Bonchev–Trinajstić information content (AvgIpc) is 2.53. The first-order valence-electron chi connectivity index (χ1n) is 9.20. The molecular formula is C16H32O9P2. The molecule has 0 heterocycles. The predicted molar refractivity (Wildman–Crippen MR) is 101 cm³/mol. The standard InChI is InChI=1S/C16H32O9P2/c1-2-13-16(17)23-14-11-9-7-5-3-4-6-8-10-12-15-24-27(21,22)25-26(18,19)20/h2,13H,3-12,14-15H2,1H3,(H,21,22)(H2,18,19,20). The fourth-order valence-electron chi connectivity index (χ4n) is 2.31. The molecule has 0 fully saturated rings. The van der Waals surface area contributed by atoms with E-state index in [0.717, 1.165) is 57.8 Å². The van der Waals surface area contributed by atoms with Crippen molar-refractivity contribution >= 4 is 21.6 Å². The third kappa shape index (κ3) is 20.0. The Morgan fingerprint density at radius 2 is 1.26 bits per heavy atom. The van der Waals surface area contributed by atoms with Gasteiger partial charge in [0.15, 0.2) is 0 Å².